The van der Waals surface area contributed by atoms with Gasteiger partial charge in [-0.05, 0) is 6.42 Å². The maximum Gasteiger partial charge on any atom is 0.327 e. The number of carboxylic acids is 3. The lowest BCUT2D eigenvalue weighted by molar-refractivity contribution is -0.141. The molecule has 0 bridgehead atoms. The minimum atomic E-state index is -1.56. The molecule has 0 aromatic carbocycles. The van der Waals surface area contributed by atoms with Gasteiger partial charge in [-0.25, -0.2) is 4.79 Å². The minimum absolute atomic E-state index is 0.0372. The number of amides is 1. The predicted octanol–water partition coefficient (Wildman–Crippen LogP) is -2.40. The van der Waals surface area contributed by atoms with E-state index in [1.165, 1.54) is 0 Å². The van der Waals surface area contributed by atoms with Crippen LogP contribution in [0.3, 0.4) is 0 Å². The minimum Gasteiger partial charge on any atom is -0.480 e. The van der Waals surface area contributed by atoms with E-state index in [-0.39, 0.29) is 29.4 Å². The van der Waals surface area contributed by atoms with Crippen LogP contribution in [0.4, 0.5) is 0 Å². The molecule has 0 saturated heterocycles. The fourth-order valence-corrected chi connectivity index (χ4v) is 3.95. The van der Waals surface area contributed by atoms with Gasteiger partial charge in [0.15, 0.2) is 0 Å². The lowest BCUT2D eigenvalue weighted by Crippen LogP contribution is -2.43. The molecule has 0 aliphatic heterocycles. The molecule has 13 heteroatoms. The van der Waals surface area contributed by atoms with Crippen molar-refractivity contribution < 1.29 is 38.7 Å². The first kappa shape index (κ1) is 23.3. The zero-order valence-electron chi connectivity index (χ0n) is 13.1. The van der Waals surface area contributed by atoms with E-state index in [1.807, 2.05) is 0 Å². The Kier molecular flexibility index (Phi) is 11.0. The van der Waals surface area contributed by atoms with Crippen LogP contribution < -0.4 is 16.8 Å². The van der Waals surface area contributed by atoms with Crippen LogP contribution in [0, 0.1) is 0 Å². The summed E-state index contributed by atoms with van der Waals surface area (Å²) in [4.78, 5) is 43.8. The zero-order valence-corrected chi connectivity index (χ0v) is 14.8. The molecule has 0 aromatic rings. The molecule has 0 aromatic heterocycles. The molecule has 11 nitrogen and oxygen atoms in total. The van der Waals surface area contributed by atoms with Crippen LogP contribution in [0.15, 0.2) is 0 Å². The molecule has 0 radical (unpaired) electrons. The van der Waals surface area contributed by atoms with Crippen LogP contribution in [-0.4, -0.2) is 78.1 Å². The van der Waals surface area contributed by atoms with Gasteiger partial charge in [0.05, 0.1) is 10.8 Å². The van der Waals surface area contributed by atoms with Crippen molar-refractivity contribution in [1.82, 2.24) is 5.32 Å². The van der Waals surface area contributed by atoms with Crippen LogP contribution in [0.2, 0.25) is 0 Å². The van der Waals surface area contributed by atoms with Crippen molar-refractivity contribution >= 4 is 46.4 Å². The lowest BCUT2D eigenvalue weighted by atomic mass is 10.1. The largest absolute Gasteiger partial charge is 0.480 e. The van der Waals surface area contributed by atoms with Gasteiger partial charge in [0, 0.05) is 23.0 Å². The number of aliphatic carboxylic acids is 3. The summed E-state index contributed by atoms with van der Waals surface area (Å²) in [6.07, 6.45) is -0.390. The highest BCUT2D eigenvalue weighted by molar-refractivity contribution is 8.10. The highest BCUT2D eigenvalue weighted by atomic mass is 32.2. The third-order valence-electron chi connectivity index (χ3n) is 2.81. The lowest BCUT2D eigenvalue weighted by Gasteiger charge is -2.15. The number of rotatable bonds is 13. The smallest absolute Gasteiger partial charge is 0.327 e. The summed E-state index contributed by atoms with van der Waals surface area (Å²) in [5.41, 5.74) is 10.5. The fraction of sp³-hybridized carbons (Fsp3) is 0.667. The van der Waals surface area contributed by atoms with Crippen molar-refractivity contribution in [1.29, 1.82) is 0 Å². The third kappa shape index (κ3) is 10.7. The Hall–Kier alpha value is -1.70. The van der Waals surface area contributed by atoms with Crippen molar-refractivity contribution in [3.8, 4) is 0 Å². The van der Waals surface area contributed by atoms with Crippen molar-refractivity contribution in [2.45, 2.75) is 31.0 Å². The first-order chi connectivity index (χ1) is 11.5. The van der Waals surface area contributed by atoms with Crippen LogP contribution in [-0.2, 0) is 30.0 Å². The quantitative estimate of drug-likeness (QED) is 0.192. The fourth-order valence-electron chi connectivity index (χ4n) is 1.43. The van der Waals surface area contributed by atoms with Gasteiger partial charge >= 0.3 is 17.9 Å². The Balaban J connectivity index is 4.28. The number of carboxylic acid groups (broad SMARTS) is 3. The molecule has 8 N–H and O–H groups in total. The second-order valence-electron chi connectivity index (χ2n) is 4.98. The molecule has 0 rings (SSSR count). The Labute approximate surface area is 150 Å². The predicted molar refractivity (Wildman–Crippen MR) is 90.4 cm³/mol. The third-order valence-corrected chi connectivity index (χ3v) is 5.83. The van der Waals surface area contributed by atoms with Crippen LogP contribution >= 0.6 is 11.8 Å². The van der Waals surface area contributed by atoms with E-state index in [2.05, 4.69) is 5.32 Å². The monoisotopic (exact) mass is 399 g/mol. The summed E-state index contributed by atoms with van der Waals surface area (Å²) in [5, 5.41) is 28.4. The van der Waals surface area contributed by atoms with E-state index in [9.17, 15) is 23.4 Å². The topological polar surface area (TPSA) is 210 Å². The number of carbonyl (C=O) groups excluding carboxylic acids is 1. The van der Waals surface area contributed by atoms with E-state index in [1.54, 1.807) is 0 Å². The number of carbonyl (C=O) groups is 4. The van der Waals surface area contributed by atoms with Crippen molar-refractivity contribution in [3.05, 3.63) is 0 Å². The number of thioether (sulfide) groups is 1. The summed E-state index contributed by atoms with van der Waals surface area (Å²) in [7, 11) is -1.56. The molecular formula is C12H21N3O8S2. The maximum atomic E-state index is 11.6. The van der Waals surface area contributed by atoms with Gasteiger partial charge < -0.3 is 32.1 Å². The van der Waals surface area contributed by atoms with Crippen molar-refractivity contribution in [2.24, 2.45) is 11.5 Å². The Morgan fingerprint density at radius 3 is 2.04 bits per heavy atom. The molecule has 0 spiro atoms. The average Bonchev–Trinajstić information content (AvgIpc) is 2.50. The average molecular weight is 399 g/mol. The van der Waals surface area contributed by atoms with E-state index in [0.29, 0.717) is 0 Å². The Morgan fingerprint density at radius 1 is 1.00 bits per heavy atom. The molecular weight excluding hydrogens is 378 g/mol. The number of nitrogens with one attached hydrogen (secondary N) is 1. The van der Waals surface area contributed by atoms with Gasteiger partial charge in [-0.1, -0.05) is 0 Å². The van der Waals surface area contributed by atoms with E-state index >= 15 is 0 Å². The summed E-state index contributed by atoms with van der Waals surface area (Å²) >= 11 is 0.960. The molecule has 0 heterocycles. The van der Waals surface area contributed by atoms with Gasteiger partial charge in [-0.2, -0.15) is 0 Å². The SMILES string of the molecule is NC(CCC(=O)NC(CSCS(=O)CC(N)C(=O)O)C(=O)O)C(=O)O. The van der Waals surface area contributed by atoms with Gasteiger partial charge in [0.2, 0.25) is 5.91 Å². The highest BCUT2D eigenvalue weighted by Crippen LogP contribution is 2.07. The molecule has 0 aliphatic rings. The molecule has 1 amide bonds. The van der Waals surface area contributed by atoms with Gasteiger partial charge in [0.25, 0.3) is 0 Å². The summed E-state index contributed by atoms with van der Waals surface area (Å²) < 4.78 is 11.6. The molecule has 144 valence electrons. The second kappa shape index (κ2) is 11.8. The van der Waals surface area contributed by atoms with Gasteiger partial charge in [-0.3, -0.25) is 18.6 Å². The molecule has 0 aliphatic carbocycles. The normalized spacial score (nSPS) is 15.6. The Bertz CT molecular complexity index is 530. The number of hydrogen-bond acceptors (Lipinski definition) is 8. The van der Waals surface area contributed by atoms with Crippen LogP contribution in [0.25, 0.3) is 0 Å². The second-order valence-corrected chi connectivity index (χ2v) is 7.88. The zero-order chi connectivity index (χ0) is 19.6. The summed E-state index contributed by atoms with van der Waals surface area (Å²) in [6.45, 7) is 0. The van der Waals surface area contributed by atoms with E-state index in [0.717, 1.165) is 11.8 Å². The molecule has 0 fully saturated rings. The molecule has 25 heavy (non-hydrogen) atoms. The number of hydrogen-bond donors (Lipinski definition) is 6. The first-order valence-corrected chi connectivity index (χ1v) is 9.60. The molecule has 4 atom stereocenters. The molecule has 0 saturated carbocycles. The number of nitrogens with two attached hydrogens (primary N) is 2. The first-order valence-electron chi connectivity index (χ1n) is 6.96. The van der Waals surface area contributed by atoms with Gasteiger partial charge in [0.1, 0.15) is 18.1 Å². The van der Waals surface area contributed by atoms with Gasteiger partial charge in [-0.15, -0.1) is 11.8 Å². The standard InChI is InChI=1S/C12H21N3O8S2/c13-6(10(17)18)1-2-9(16)15-8(12(21)22)3-24-5-25(23)4-7(14)11(19)20/h6-8H,1-5,13-14H2,(H,15,16)(H,17,18)(H,19,20)(H,21,22). The van der Waals surface area contributed by atoms with Crippen LogP contribution in [0.1, 0.15) is 12.8 Å². The van der Waals surface area contributed by atoms with E-state index in [4.69, 9.17) is 26.8 Å². The van der Waals surface area contributed by atoms with E-state index < -0.39 is 52.7 Å². The van der Waals surface area contributed by atoms with Crippen molar-refractivity contribution in [2.75, 3.05) is 16.6 Å². The molecule has 4 unspecified atom stereocenters. The van der Waals surface area contributed by atoms with Crippen molar-refractivity contribution in [3.63, 3.8) is 0 Å². The van der Waals surface area contributed by atoms with Crippen LogP contribution in [0.5, 0.6) is 0 Å². The maximum absolute atomic E-state index is 11.6. The Morgan fingerprint density at radius 2 is 1.56 bits per heavy atom. The summed E-state index contributed by atoms with van der Waals surface area (Å²) in [5.74, 6) is -4.89. The summed E-state index contributed by atoms with van der Waals surface area (Å²) in [6, 6.07) is -3.75. The highest BCUT2D eigenvalue weighted by Gasteiger charge is 2.22.